The number of benzene rings is 2. The van der Waals surface area contributed by atoms with Crippen LogP contribution in [0.15, 0.2) is 35.5 Å². The van der Waals surface area contributed by atoms with E-state index in [0.717, 1.165) is 29.7 Å². The van der Waals surface area contributed by atoms with E-state index in [9.17, 15) is 30.8 Å². The summed E-state index contributed by atoms with van der Waals surface area (Å²) in [5.74, 6) is -1.84. The fraction of sp³-hybridized carbons (Fsp3) is 0.440. The molecule has 6 rings (SSSR count). The Balaban J connectivity index is 1.22. The van der Waals surface area contributed by atoms with Crippen molar-refractivity contribution in [1.82, 2.24) is 4.90 Å². The molecule has 4 aliphatic rings. The van der Waals surface area contributed by atoms with Gasteiger partial charge >= 0.3 is 6.18 Å². The summed E-state index contributed by atoms with van der Waals surface area (Å²) in [5, 5.41) is 2.67. The zero-order chi connectivity index (χ0) is 27.3. The molecule has 0 unspecified atom stereocenters. The summed E-state index contributed by atoms with van der Waals surface area (Å²) in [5.41, 5.74) is -1.01. The number of nitrogens with zero attached hydrogens (tertiary/aromatic N) is 2. The Morgan fingerprint density at radius 2 is 1.76 bits per heavy atom. The van der Waals surface area contributed by atoms with Crippen molar-refractivity contribution < 1.29 is 35.6 Å². The molecule has 202 valence electrons. The summed E-state index contributed by atoms with van der Waals surface area (Å²) >= 11 is 11.5. The molecule has 1 atom stereocenters. The van der Waals surface area contributed by atoms with Crippen LogP contribution in [0.4, 0.5) is 17.6 Å². The Morgan fingerprint density at radius 3 is 2.37 bits per heavy atom. The molecule has 38 heavy (non-hydrogen) atoms. The highest BCUT2D eigenvalue weighted by Gasteiger charge is 2.62. The molecule has 0 N–H and O–H groups in total. The number of oxime groups is 1. The maximum atomic E-state index is 14.3. The zero-order valence-corrected chi connectivity index (χ0v) is 21.9. The number of halogens is 6. The number of rotatable bonds is 3. The van der Waals surface area contributed by atoms with E-state index < -0.39 is 55.4 Å². The Kier molecular flexibility index (Phi) is 5.66. The van der Waals surface area contributed by atoms with Gasteiger partial charge in [0.1, 0.15) is 0 Å². The van der Waals surface area contributed by atoms with Crippen LogP contribution in [0.5, 0.6) is 0 Å². The summed E-state index contributed by atoms with van der Waals surface area (Å²) in [6.07, 6.45) is -4.08. The molecule has 2 fully saturated rings. The van der Waals surface area contributed by atoms with Gasteiger partial charge in [-0.15, -0.1) is 0 Å². The molecule has 0 aromatic heterocycles. The van der Waals surface area contributed by atoms with Crippen LogP contribution in [0.1, 0.15) is 35.1 Å². The number of amides is 1. The third-order valence-corrected chi connectivity index (χ3v) is 10.4. The van der Waals surface area contributed by atoms with Gasteiger partial charge in [-0.05, 0) is 47.7 Å². The van der Waals surface area contributed by atoms with Gasteiger partial charge in [0.25, 0.3) is 5.60 Å². The van der Waals surface area contributed by atoms with Gasteiger partial charge in [-0.2, -0.15) is 13.2 Å². The van der Waals surface area contributed by atoms with Crippen molar-refractivity contribution in [3.05, 3.63) is 68.4 Å². The third-order valence-electron chi connectivity index (χ3n) is 8.08. The second-order valence-electron chi connectivity index (χ2n) is 10.5. The van der Waals surface area contributed by atoms with Crippen LogP contribution < -0.4 is 0 Å². The molecule has 1 amide bonds. The summed E-state index contributed by atoms with van der Waals surface area (Å²) in [6, 6.07) is 7.04. The van der Waals surface area contributed by atoms with E-state index >= 15 is 0 Å². The van der Waals surface area contributed by atoms with Gasteiger partial charge in [-0.1, -0.05) is 40.5 Å². The first-order valence-electron chi connectivity index (χ1n) is 11.8. The number of aryl methyl sites for hydroxylation is 1. The Bertz CT molecular complexity index is 1490. The summed E-state index contributed by atoms with van der Waals surface area (Å²) in [6.45, 7) is 0.976. The fourth-order valence-electron chi connectivity index (χ4n) is 5.99. The standard InChI is InChI=1S/C25H20Cl2F4N2O4S/c26-18-6-16(7-19(27)21(18)28)24(25(29,30)31)8-20(32-37-24)14-1-2-17-13(5-14)3-4-23(17)11-33(12-23)22(34)15-9-38(35,36)10-15/h1-2,5-7,15H,3-4,8-12H2/t24-/m0/s1. The molecule has 2 aromatic rings. The van der Waals surface area contributed by atoms with E-state index in [-0.39, 0.29) is 28.5 Å². The molecule has 2 saturated heterocycles. The maximum Gasteiger partial charge on any atom is 0.435 e. The number of carbonyl (C=O) groups excluding carboxylic acids is 1. The summed E-state index contributed by atoms with van der Waals surface area (Å²) in [4.78, 5) is 19.3. The zero-order valence-electron chi connectivity index (χ0n) is 19.6. The van der Waals surface area contributed by atoms with Gasteiger partial charge in [0.2, 0.25) is 5.91 Å². The van der Waals surface area contributed by atoms with Crippen molar-refractivity contribution in [2.24, 2.45) is 11.1 Å². The van der Waals surface area contributed by atoms with Crippen LogP contribution in [-0.4, -0.2) is 55.7 Å². The lowest BCUT2D eigenvalue weighted by atomic mass is 9.74. The first-order valence-corrected chi connectivity index (χ1v) is 14.4. The lowest BCUT2D eigenvalue weighted by Gasteiger charge is -2.50. The molecule has 3 aliphatic heterocycles. The first kappa shape index (κ1) is 25.9. The number of hydrogen-bond acceptors (Lipinski definition) is 5. The molecule has 1 aliphatic carbocycles. The molecule has 13 heteroatoms. The van der Waals surface area contributed by atoms with Crippen molar-refractivity contribution in [3.63, 3.8) is 0 Å². The van der Waals surface area contributed by atoms with E-state index in [4.69, 9.17) is 28.0 Å². The first-order chi connectivity index (χ1) is 17.7. The molecule has 3 heterocycles. The minimum absolute atomic E-state index is 0.0826. The molecule has 6 nitrogen and oxygen atoms in total. The van der Waals surface area contributed by atoms with Crippen LogP contribution >= 0.6 is 23.2 Å². The van der Waals surface area contributed by atoms with Gasteiger partial charge in [0.05, 0.1) is 33.2 Å². The number of alkyl halides is 3. The Labute approximate surface area is 225 Å². The van der Waals surface area contributed by atoms with E-state index in [0.29, 0.717) is 25.1 Å². The van der Waals surface area contributed by atoms with Gasteiger partial charge in [-0.3, -0.25) is 4.79 Å². The van der Waals surface area contributed by atoms with Crippen LogP contribution in [0, 0.1) is 11.7 Å². The SMILES string of the molecule is O=C(C1CS(=O)(=O)C1)N1CC2(CCc3cc(C4=NO[C@@](c5cc(Cl)c(F)c(Cl)c5)(C(F)(F)F)C4)ccc32)C1. The van der Waals surface area contributed by atoms with E-state index in [1.807, 2.05) is 6.07 Å². The van der Waals surface area contributed by atoms with Gasteiger partial charge in [0.15, 0.2) is 15.7 Å². The van der Waals surface area contributed by atoms with E-state index in [1.165, 1.54) is 0 Å². The highest BCUT2D eigenvalue weighted by atomic mass is 35.5. The average molecular weight is 591 g/mol. The number of hydrogen-bond donors (Lipinski definition) is 0. The van der Waals surface area contributed by atoms with Crippen molar-refractivity contribution >= 4 is 44.7 Å². The monoisotopic (exact) mass is 590 g/mol. The third kappa shape index (κ3) is 3.83. The maximum absolute atomic E-state index is 14.3. The number of sulfone groups is 1. The van der Waals surface area contributed by atoms with Gasteiger partial charge in [-0.25, -0.2) is 12.8 Å². The fourth-order valence-corrected chi connectivity index (χ4v) is 7.89. The number of fused-ring (bicyclic) bond motifs is 2. The van der Waals surface area contributed by atoms with Crippen LogP contribution in [0.25, 0.3) is 0 Å². The lowest BCUT2D eigenvalue weighted by molar-refractivity contribution is -0.275. The van der Waals surface area contributed by atoms with Crippen molar-refractivity contribution in [3.8, 4) is 0 Å². The Hall–Kier alpha value is -2.37. The van der Waals surface area contributed by atoms with Crippen molar-refractivity contribution in [1.29, 1.82) is 0 Å². The predicted octanol–water partition coefficient (Wildman–Crippen LogP) is 4.79. The molecule has 1 spiro atoms. The molecule has 0 saturated carbocycles. The van der Waals surface area contributed by atoms with Crippen LogP contribution in [0.3, 0.4) is 0 Å². The van der Waals surface area contributed by atoms with Crippen LogP contribution in [0.2, 0.25) is 10.0 Å². The highest BCUT2D eigenvalue weighted by molar-refractivity contribution is 7.92. The molecular formula is C25H20Cl2F4N2O4S. The minimum atomic E-state index is -4.90. The molecule has 0 bridgehead atoms. The topological polar surface area (TPSA) is 76.0 Å². The quantitative estimate of drug-likeness (QED) is 0.381. The number of carbonyl (C=O) groups is 1. The minimum Gasteiger partial charge on any atom is -0.374 e. The van der Waals surface area contributed by atoms with Gasteiger partial charge in [0, 0.05) is 30.5 Å². The van der Waals surface area contributed by atoms with Crippen molar-refractivity contribution in [2.75, 3.05) is 24.6 Å². The highest BCUT2D eigenvalue weighted by Crippen LogP contribution is 2.51. The molecule has 2 aromatic carbocycles. The number of likely N-dealkylation sites (tertiary alicyclic amines) is 1. The molecular weight excluding hydrogens is 571 g/mol. The van der Waals surface area contributed by atoms with E-state index in [1.54, 1.807) is 17.0 Å². The smallest absolute Gasteiger partial charge is 0.374 e. The Morgan fingerprint density at radius 1 is 1.11 bits per heavy atom. The predicted molar refractivity (Wildman–Crippen MR) is 132 cm³/mol. The van der Waals surface area contributed by atoms with E-state index in [2.05, 4.69) is 5.16 Å². The van der Waals surface area contributed by atoms with Crippen LogP contribution in [-0.2, 0) is 36.9 Å². The summed E-state index contributed by atoms with van der Waals surface area (Å²) in [7, 11) is -3.09. The normalized spacial score (nSPS) is 25.4. The largest absolute Gasteiger partial charge is 0.435 e. The average Bonchev–Trinajstić information content (AvgIpc) is 3.42. The second-order valence-corrected chi connectivity index (χ2v) is 13.5. The van der Waals surface area contributed by atoms with Gasteiger partial charge < -0.3 is 9.74 Å². The van der Waals surface area contributed by atoms with Crippen molar-refractivity contribution in [2.45, 2.75) is 36.5 Å². The molecule has 0 radical (unpaired) electrons. The lowest BCUT2D eigenvalue weighted by Crippen LogP contribution is -2.63. The second kappa shape index (κ2) is 8.32. The summed E-state index contributed by atoms with van der Waals surface area (Å²) < 4.78 is 79.7.